The molecule has 1 atom stereocenters. The number of carbonyl (C=O) groups excluding carboxylic acids is 1. The number of rotatable bonds is 6. The molecule has 0 radical (unpaired) electrons. The minimum atomic E-state index is -0.598. The van der Waals surface area contributed by atoms with Crippen molar-refractivity contribution < 1.29 is 13.6 Å². The van der Waals surface area contributed by atoms with Crippen LogP contribution < -0.4 is 5.32 Å². The SMILES string of the molecule is C[C@H](CCC(=O)NC1(c2cc(F)cc(F)c2)CC1)N1CCN(C)CC1. The molecule has 1 saturated heterocycles. The predicted molar refractivity (Wildman–Crippen MR) is 93.2 cm³/mol. The average Bonchev–Trinajstić information content (AvgIpc) is 3.33. The highest BCUT2D eigenvalue weighted by Crippen LogP contribution is 2.46. The summed E-state index contributed by atoms with van der Waals surface area (Å²) in [6, 6.07) is 3.87. The van der Waals surface area contributed by atoms with Gasteiger partial charge in [-0.2, -0.15) is 0 Å². The minimum Gasteiger partial charge on any atom is -0.347 e. The van der Waals surface area contributed by atoms with Gasteiger partial charge in [0.25, 0.3) is 0 Å². The minimum absolute atomic E-state index is 0.0388. The molecule has 0 unspecified atom stereocenters. The van der Waals surface area contributed by atoms with E-state index >= 15 is 0 Å². The van der Waals surface area contributed by atoms with Crippen molar-refractivity contribution in [2.24, 2.45) is 0 Å². The Labute approximate surface area is 148 Å². The second-order valence-corrected chi connectivity index (χ2v) is 7.52. The number of hydrogen-bond donors (Lipinski definition) is 1. The van der Waals surface area contributed by atoms with Crippen molar-refractivity contribution in [3.8, 4) is 0 Å². The van der Waals surface area contributed by atoms with E-state index in [4.69, 9.17) is 0 Å². The predicted octanol–water partition coefficient (Wildman–Crippen LogP) is 2.49. The lowest BCUT2D eigenvalue weighted by atomic mass is 10.0. The van der Waals surface area contributed by atoms with Gasteiger partial charge in [0.15, 0.2) is 0 Å². The summed E-state index contributed by atoms with van der Waals surface area (Å²) in [7, 11) is 2.12. The number of halogens is 2. The monoisotopic (exact) mass is 351 g/mol. The number of nitrogens with one attached hydrogen (secondary N) is 1. The topological polar surface area (TPSA) is 35.6 Å². The molecule has 1 aliphatic carbocycles. The van der Waals surface area contributed by atoms with Gasteiger partial charge < -0.3 is 10.2 Å². The number of nitrogens with zero attached hydrogens (tertiary/aromatic N) is 2. The third-order valence-corrected chi connectivity index (χ3v) is 5.49. The Morgan fingerprint density at radius 1 is 1.16 bits per heavy atom. The van der Waals surface area contributed by atoms with Crippen LogP contribution in [0.4, 0.5) is 8.78 Å². The van der Waals surface area contributed by atoms with Crippen LogP contribution >= 0.6 is 0 Å². The number of amides is 1. The van der Waals surface area contributed by atoms with Crippen LogP contribution in [0.15, 0.2) is 18.2 Å². The summed E-state index contributed by atoms with van der Waals surface area (Å²) in [5.74, 6) is -1.23. The molecule has 0 aromatic heterocycles. The summed E-state index contributed by atoms with van der Waals surface area (Å²) in [6.07, 6.45) is 2.70. The van der Waals surface area contributed by atoms with Gasteiger partial charge in [0.05, 0.1) is 5.54 Å². The van der Waals surface area contributed by atoms with Gasteiger partial charge >= 0.3 is 0 Å². The number of piperazine rings is 1. The molecule has 1 aromatic rings. The van der Waals surface area contributed by atoms with E-state index in [1.807, 2.05) is 0 Å². The average molecular weight is 351 g/mol. The Kier molecular flexibility index (Phi) is 5.39. The summed E-state index contributed by atoms with van der Waals surface area (Å²) in [5.41, 5.74) is -0.0395. The molecular formula is C19H27F2N3O. The van der Waals surface area contributed by atoms with Crippen LogP contribution in [-0.4, -0.2) is 55.0 Å². The van der Waals surface area contributed by atoms with E-state index in [0.717, 1.165) is 51.5 Å². The molecule has 6 heteroatoms. The first-order chi connectivity index (χ1) is 11.9. The first kappa shape index (κ1) is 18.3. The Morgan fingerprint density at radius 2 is 1.76 bits per heavy atom. The van der Waals surface area contributed by atoms with Gasteiger partial charge in [-0.3, -0.25) is 9.69 Å². The van der Waals surface area contributed by atoms with E-state index in [-0.39, 0.29) is 5.91 Å². The highest BCUT2D eigenvalue weighted by atomic mass is 19.1. The maximum Gasteiger partial charge on any atom is 0.220 e. The third-order valence-electron chi connectivity index (χ3n) is 5.49. The van der Waals surface area contributed by atoms with Crippen molar-refractivity contribution in [1.82, 2.24) is 15.1 Å². The number of hydrogen-bond acceptors (Lipinski definition) is 3. The van der Waals surface area contributed by atoms with Gasteiger partial charge in [-0.15, -0.1) is 0 Å². The van der Waals surface area contributed by atoms with Crippen molar-refractivity contribution in [3.05, 3.63) is 35.4 Å². The van der Waals surface area contributed by atoms with Crippen LogP contribution in [0, 0.1) is 11.6 Å². The fourth-order valence-corrected chi connectivity index (χ4v) is 3.56. The molecule has 4 nitrogen and oxygen atoms in total. The summed E-state index contributed by atoms with van der Waals surface area (Å²) in [6.45, 7) is 6.35. The Hall–Kier alpha value is -1.53. The molecular weight excluding hydrogens is 324 g/mol. The van der Waals surface area contributed by atoms with Gasteiger partial charge in [-0.25, -0.2) is 8.78 Å². The summed E-state index contributed by atoms with van der Waals surface area (Å²) < 4.78 is 26.9. The molecule has 138 valence electrons. The Morgan fingerprint density at radius 3 is 2.32 bits per heavy atom. The van der Waals surface area contributed by atoms with Crippen molar-refractivity contribution >= 4 is 5.91 Å². The van der Waals surface area contributed by atoms with Gasteiger partial charge in [-0.05, 0) is 50.9 Å². The van der Waals surface area contributed by atoms with Crippen molar-refractivity contribution in [2.75, 3.05) is 33.2 Å². The lowest BCUT2D eigenvalue weighted by Gasteiger charge is -2.36. The highest BCUT2D eigenvalue weighted by molar-refractivity contribution is 5.77. The zero-order valence-electron chi connectivity index (χ0n) is 15.0. The second-order valence-electron chi connectivity index (χ2n) is 7.52. The fourth-order valence-electron chi connectivity index (χ4n) is 3.56. The molecule has 0 bridgehead atoms. The lowest BCUT2D eigenvalue weighted by molar-refractivity contribution is -0.122. The zero-order valence-corrected chi connectivity index (χ0v) is 15.0. The third kappa shape index (κ3) is 4.55. The van der Waals surface area contributed by atoms with Gasteiger partial charge in [0.2, 0.25) is 5.91 Å². The first-order valence-electron chi connectivity index (χ1n) is 9.08. The number of benzene rings is 1. The first-order valence-corrected chi connectivity index (χ1v) is 9.08. The standard InChI is InChI=1S/C19H27F2N3O/c1-14(24-9-7-23(2)8-10-24)3-4-18(25)22-19(5-6-19)15-11-16(20)13-17(21)12-15/h11-14H,3-10H2,1-2H3,(H,22,25)/t14-/m1/s1. The van der Waals surface area contributed by atoms with E-state index in [9.17, 15) is 13.6 Å². The maximum absolute atomic E-state index is 13.4. The van der Waals surface area contributed by atoms with Crippen molar-refractivity contribution in [2.45, 2.75) is 44.2 Å². The summed E-state index contributed by atoms with van der Waals surface area (Å²) >= 11 is 0. The van der Waals surface area contributed by atoms with Gasteiger partial charge in [-0.1, -0.05) is 0 Å². The van der Waals surface area contributed by atoms with E-state index in [0.29, 0.717) is 18.0 Å². The maximum atomic E-state index is 13.4. The van der Waals surface area contributed by atoms with Crippen LogP contribution in [0.3, 0.4) is 0 Å². The van der Waals surface area contributed by atoms with Crippen LogP contribution in [0.2, 0.25) is 0 Å². The fraction of sp³-hybridized carbons (Fsp3) is 0.632. The Bertz CT molecular complexity index is 605. The zero-order chi connectivity index (χ0) is 18.0. The van der Waals surface area contributed by atoms with E-state index < -0.39 is 17.2 Å². The molecule has 0 spiro atoms. The lowest BCUT2D eigenvalue weighted by Crippen LogP contribution is -2.48. The van der Waals surface area contributed by atoms with Crippen molar-refractivity contribution in [3.63, 3.8) is 0 Å². The number of likely N-dealkylation sites (N-methyl/N-ethyl adjacent to an activating group) is 1. The quantitative estimate of drug-likeness (QED) is 0.855. The summed E-state index contributed by atoms with van der Waals surface area (Å²) in [4.78, 5) is 17.1. The molecule has 1 aromatic carbocycles. The molecule has 1 amide bonds. The normalized spacial score (nSPS) is 21.8. The largest absolute Gasteiger partial charge is 0.347 e. The molecule has 3 rings (SSSR count). The molecule has 1 aliphatic heterocycles. The van der Waals surface area contributed by atoms with Crippen LogP contribution in [0.25, 0.3) is 0 Å². The van der Waals surface area contributed by atoms with E-state index in [1.54, 1.807) is 0 Å². The van der Waals surface area contributed by atoms with Crippen LogP contribution in [-0.2, 0) is 10.3 Å². The molecule has 1 saturated carbocycles. The second kappa shape index (κ2) is 7.38. The number of carbonyl (C=O) groups is 1. The molecule has 25 heavy (non-hydrogen) atoms. The highest BCUT2D eigenvalue weighted by Gasteiger charge is 2.46. The van der Waals surface area contributed by atoms with Crippen molar-refractivity contribution in [1.29, 1.82) is 0 Å². The molecule has 2 aliphatic rings. The van der Waals surface area contributed by atoms with E-state index in [2.05, 4.69) is 29.1 Å². The molecule has 1 heterocycles. The molecule has 1 N–H and O–H groups in total. The van der Waals surface area contributed by atoms with Gasteiger partial charge in [0, 0.05) is 44.7 Å². The Balaban J connectivity index is 1.50. The smallest absolute Gasteiger partial charge is 0.220 e. The van der Waals surface area contributed by atoms with E-state index in [1.165, 1.54) is 12.1 Å². The molecule has 2 fully saturated rings. The summed E-state index contributed by atoms with van der Waals surface area (Å²) in [5, 5.41) is 3.00. The van der Waals surface area contributed by atoms with Gasteiger partial charge in [0.1, 0.15) is 11.6 Å². The van der Waals surface area contributed by atoms with Crippen LogP contribution in [0.1, 0.15) is 38.2 Å². The van der Waals surface area contributed by atoms with Crippen LogP contribution in [0.5, 0.6) is 0 Å².